The Labute approximate surface area is 240 Å². The average Bonchev–Trinajstić information content (AvgIpc) is 3.30. The number of carboxylic acid groups (broad SMARTS) is 2. The molecule has 1 atom stereocenters. The molecule has 9 heteroatoms. The molecular weight excluding hydrogens is 551 g/mol. The third-order valence-electron chi connectivity index (χ3n) is 6.63. The number of fused-ring (bicyclic) bond motifs is 2. The van der Waals surface area contributed by atoms with Crippen LogP contribution < -0.4 is 10.1 Å². The summed E-state index contributed by atoms with van der Waals surface area (Å²) in [5.74, 6) is -1.26. The Morgan fingerprint density at radius 2 is 1.85 bits per heavy atom. The van der Waals surface area contributed by atoms with Gasteiger partial charge >= 0.3 is 11.9 Å². The third-order valence-corrected chi connectivity index (χ3v) is 7.19. The second kappa shape index (κ2) is 11.5. The zero-order valence-corrected chi connectivity index (χ0v) is 22.8. The van der Waals surface area contributed by atoms with Crippen LogP contribution >= 0.6 is 23.2 Å². The van der Waals surface area contributed by atoms with Gasteiger partial charge in [-0.3, -0.25) is 4.79 Å². The van der Waals surface area contributed by atoms with Gasteiger partial charge in [-0.2, -0.15) is 0 Å². The lowest BCUT2D eigenvalue weighted by molar-refractivity contribution is -0.137. The van der Waals surface area contributed by atoms with Gasteiger partial charge in [0.25, 0.3) is 0 Å². The molecular formula is C31H26Cl2N2O5. The number of anilines is 1. The molecule has 40 heavy (non-hydrogen) atoms. The van der Waals surface area contributed by atoms with E-state index in [-0.39, 0.29) is 18.6 Å². The summed E-state index contributed by atoms with van der Waals surface area (Å²) < 4.78 is 7.76. The van der Waals surface area contributed by atoms with Gasteiger partial charge in [-0.1, -0.05) is 71.8 Å². The molecule has 4 aromatic rings. The van der Waals surface area contributed by atoms with Crippen molar-refractivity contribution in [3.63, 3.8) is 0 Å². The van der Waals surface area contributed by atoms with E-state index in [9.17, 15) is 14.7 Å². The summed E-state index contributed by atoms with van der Waals surface area (Å²) in [6.45, 7) is 0.607. The monoisotopic (exact) mass is 576 g/mol. The van der Waals surface area contributed by atoms with Crippen molar-refractivity contribution in [2.24, 2.45) is 0 Å². The number of alkyl halides is 1. The van der Waals surface area contributed by atoms with Crippen molar-refractivity contribution in [1.29, 1.82) is 0 Å². The number of hydrogen-bond acceptors (Lipinski definition) is 4. The van der Waals surface area contributed by atoms with E-state index in [1.807, 2.05) is 85.0 Å². The molecule has 3 N–H and O–H groups in total. The van der Waals surface area contributed by atoms with Crippen LogP contribution in [0, 0.1) is 0 Å². The van der Waals surface area contributed by atoms with E-state index < -0.39 is 16.9 Å². The molecule has 0 aliphatic carbocycles. The molecule has 5 rings (SSSR count). The van der Waals surface area contributed by atoms with Gasteiger partial charge in [0.2, 0.25) is 0 Å². The second-order valence-electron chi connectivity index (χ2n) is 9.52. The largest absolute Gasteiger partial charge is 0.489 e. The molecule has 0 spiro atoms. The number of halogens is 2. The summed E-state index contributed by atoms with van der Waals surface area (Å²) >= 11 is 12.8. The molecule has 0 fully saturated rings. The molecule has 1 aliphatic rings. The zero-order chi connectivity index (χ0) is 28.3. The Morgan fingerprint density at radius 3 is 2.60 bits per heavy atom. The normalized spacial score (nSPS) is 16.1. The number of aromatic carboxylic acids is 1. The van der Waals surface area contributed by atoms with Crippen LogP contribution in [0.3, 0.4) is 0 Å². The van der Waals surface area contributed by atoms with Crippen molar-refractivity contribution in [1.82, 2.24) is 4.57 Å². The molecule has 0 saturated carbocycles. The first-order valence-electron chi connectivity index (χ1n) is 12.6. The van der Waals surface area contributed by atoms with E-state index in [0.29, 0.717) is 29.1 Å². The molecule has 2 heterocycles. The number of carboxylic acids is 2. The summed E-state index contributed by atoms with van der Waals surface area (Å²) in [5.41, 5.74) is 4.43. The number of nitrogens with zero attached hydrogens (tertiary/aromatic N) is 1. The van der Waals surface area contributed by atoms with Crippen molar-refractivity contribution in [2.45, 2.75) is 24.4 Å². The highest BCUT2D eigenvalue weighted by molar-refractivity contribution is 6.31. The van der Waals surface area contributed by atoms with Gasteiger partial charge in [0.1, 0.15) is 12.4 Å². The van der Waals surface area contributed by atoms with Crippen LogP contribution in [0.1, 0.15) is 39.9 Å². The molecule has 0 amide bonds. The maximum Gasteiger partial charge on any atom is 0.337 e. The summed E-state index contributed by atoms with van der Waals surface area (Å²) in [6, 6.07) is 18.6. The van der Waals surface area contributed by atoms with Gasteiger partial charge in [-0.25, -0.2) is 4.79 Å². The van der Waals surface area contributed by atoms with E-state index in [4.69, 9.17) is 33.0 Å². The number of hydrogen-bond donors (Lipinski definition) is 3. The van der Waals surface area contributed by atoms with Crippen LogP contribution in [0.5, 0.6) is 5.75 Å². The van der Waals surface area contributed by atoms with E-state index >= 15 is 0 Å². The minimum atomic E-state index is -1.03. The maximum absolute atomic E-state index is 12.0. The molecule has 204 valence electrons. The quantitative estimate of drug-likeness (QED) is 0.103. The number of rotatable bonds is 10. The fourth-order valence-corrected chi connectivity index (χ4v) is 5.06. The maximum atomic E-state index is 12.0. The molecule has 3 aromatic carbocycles. The summed E-state index contributed by atoms with van der Waals surface area (Å²) in [5, 5.41) is 23.3. The van der Waals surface area contributed by atoms with Gasteiger partial charge in [-0.05, 0) is 59.5 Å². The Bertz CT molecular complexity index is 1640. The predicted octanol–water partition coefficient (Wildman–Crippen LogP) is 7.48. The molecule has 0 bridgehead atoms. The van der Waals surface area contributed by atoms with E-state index in [2.05, 4.69) is 5.32 Å². The molecule has 0 radical (unpaired) electrons. The lowest BCUT2D eigenvalue weighted by atomic mass is 10.0. The minimum absolute atomic E-state index is 0.0172. The van der Waals surface area contributed by atoms with Gasteiger partial charge in [-0.15, -0.1) is 0 Å². The van der Waals surface area contributed by atoms with Gasteiger partial charge in [0, 0.05) is 40.8 Å². The highest BCUT2D eigenvalue weighted by atomic mass is 35.5. The SMILES string of the molecule is O=C(O)CCCn1cc(C(=O)O)c2c(C=Cc3ccc(OCC4(Cl)C=Cc5ccc(Cl)cc5N4)cc3)cccc21. The van der Waals surface area contributed by atoms with Gasteiger partial charge in [0.05, 0.1) is 5.56 Å². The van der Waals surface area contributed by atoms with Crippen LogP contribution in [0.2, 0.25) is 5.02 Å². The molecule has 0 saturated heterocycles. The fourth-order valence-electron chi connectivity index (χ4n) is 4.67. The number of aromatic nitrogens is 1. The third kappa shape index (κ3) is 6.17. The number of ether oxygens (including phenoxy) is 1. The van der Waals surface area contributed by atoms with E-state index in [1.165, 1.54) is 0 Å². The predicted molar refractivity (Wildman–Crippen MR) is 159 cm³/mol. The Hall–Kier alpha value is -4.20. The summed E-state index contributed by atoms with van der Waals surface area (Å²) in [4.78, 5) is 22.0. The number of benzene rings is 3. The summed E-state index contributed by atoms with van der Waals surface area (Å²) in [7, 11) is 0. The van der Waals surface area contributed by atoms with Crippen molar-refractivity contribution in [3.05, 3.63) is 100 Å². The smallest absolute Gasteiger partial charge is 0.337 e. The Kier molecular flexibility index (Phi) is 7.87. The minimum Gasteiger partial charge on any atom is -0.489 e. The first-order valence-corrected chi connectivity index (χ1v) is 13.4. The van der Waals surface area contributed by atoms with Crippen LogP contribution in [0.4, 0.5) is 5.69 Å². The molecule has 1 aliphatic heterocycles. The average molecular weight is 577 g/mol. The number of aliphatic carboxylic acids is 1. The van der Waals surface area contributed by atoms with Crippen molar-refractivity contribution in [2.75, 3.05) is 11.9 Å². The Morgan fingerprint density at radius 1 is 1.05 bits per heavy atom. The van der Waals surface area contributed by atoms with Crippen LogP contribution in [0.25, 0.3) is 29.1 Å². The lowest BCUT2D eigenvalue weighted by Crippen LogP contribution is -2.38. The highest BCUT2D eigenvalue weighted by Crippen LogP contribution is 2.33. The van der Waals surface area contributed by atoms with Crippen LogP contribution in [0.15, 0.2) is 72.9 Å². The fraction of sp³-hybridized carbons (Fsp3) is 0.161. The zero-order valence-electron chi connectivity index (χ0n) is 21.3. The Balaban J connectivity index is 1.28. The molecule has 1 unspecified atom stereocenters. The van der Waals surface area contributed by atoms with E-state index in [0.717, 1.165) is 27.9 Å². The van der Waals surface area contributed by atoms with Crippen LogP contribution in [-0.4, -0.2) is 38.3 Å². The number of carbonyl (C=O) groups is 2. The standard InChI is InChI=1S/C31H26Cl2N2O5/c32-23-11-10-21-14-15-31(33,34-26(21)17-23)19-40-24-12-7-20(8-13-24)6-9-22-3-1-4-27-29(22)25(30(38)39)18-35(27)16-2-5-28(36)37/h1,3-4,6-15,17-18,34H,2,5,16,19H2,(H,36,37)(H,38,39). The van der Waals surface area contributed by atoms with Crippen molar-refractivity contribution in [3.8, 4) is 5.75 Å². The van der Waals surface area contributed by atoms with Crippen molar-refractivity contribution >= 4 is 70.0 Å². The topological polar surface area (TPSA) is 101 Å². The van der Waals surface area contributed by atoms with Gasteiger partial charge in [0.15, 0.2) is 5.00 Å². The first-order chi connectivity index (χ1) is 19.2. The lowest BCUT2D eigenvalue weighted by Gasteiger charge is -2.30. The number of aryl methyl sites for hydroxylation is 1. The molecule has 7 nitrogen and oxygen atoms in total. The number of nitrogens with one attached hydrogen (secondary N) is 1. The summed E-state index contributed by atoms with van der Waals surface area (Å²) in [6.07, 6.45) is 9.57. The van der Waals surface area contributed by atoms with Gasteiger partial charge < -0.3 is 24.8 Å². The highest BCUT2D eigenvalue weighted by Gasteiger charge is 2.28. The second-order valence-corrected chi connectivity index (χ2v) is 10.6. The molecule has 1 aromatic heterocycles. The van der Waals surface area contributed by atoms with Crippen molar-refractivity contribution < 1.29 is 24.5 Å². The first kappa shape index (κ1) is 27.4. The van der Waals surface area contributed by atoms with Crippen LogP contribution in [-0.2, 0) is 11.3 Å². The van der Waals surface area contributed by atoms with E-state index in [1.54, 1.807) is 10.8 Å².